The predicted octanol–water partition coefficient (Wildman–Crippen LogP) is 0.639. The number of aromatic nitrogens is 1. The molecular formula is C9H15N3O2S. The molecule has 0 radical (unpaired) electrons. The molecule has 0 unspecified atom stereocenters. The summed E-state index contributed by atoms with van der Waals surface area (Å²) >= 11 is 1.39. The Kier molecular flexibility index (Phi) is 4.51. The summed E-state index contributed by atoms with van der Waals surface area (Å²) in [6.07, 6.45) is 0. The number of nitrogens with one attached hydrogen (secondary N) is 1. The van der Waals surface area contributed by atoms with Crippen molar-refractivity contribution in [1.29, 1.82) is 0 Å². The van der Waals surface area contributed by atoms with E-state index >= 15 is 0 Å². The smallest absolute Gasteiger partial charge is 0.273 e. The first-order valence-corrected chi connectivity index (χ1v) is 5.64. The third kappa shape index (κ3) is 2.90. The molecule has 6 heteroatoms. The molecule has 1 aromatic heterocycles. The monoisotopic (exact) mass is 229 g/mol. The molecule has 0 aromatic carbocycles. The van der Waals surface area contributed by atoms with Crippen molar-refractivity contribution in [2.24, 2.45) is 0 Å². The number of carbonyl (C=O) groups excluding carboxylic acids is 1. The molecule has 1 amide bonds. The predicted molar refractivity (Wildman–Crippen MR) is 60.3 cm³/mol. The molecule has 15 heavy (non-hydrogen) atoms. The zero-order chi connectivity index (χ0) is 11.3. The van der Waals surface area contributed by atoms with Gasteiger partial charge in [0.05, 0.1) is 6.61 Å². The van der Waals surface area contributed by atoms with Crippen LogP contribution in [0.15, 0.2) is 5.38 Å². The minimum absolute atomic E-state index is 0.0252. The fourth-order valence-electron chi connectivity index (χ4n) is 1.17. The van der Waals surface area contributed by atoms with Crippen LogP contribution in [-0.2, 0) is 0 Å². The van der Waals surface area contributed by atoms with Gasteiger partial charge in [0.2, 0.25) is 0 Å². The van der Waals surface area contributed by atoms with Gasteiger partial charge in [-0.15, -0.1) is 11.3 Å². The molecular weight excluding hydrogens is 214 g/mol. The first kappa shape index (κ1) is 11.9. The Morgan fingerprint density at radius 2 is 2.47 bits per heavy atom. The molecule has 2 N–H and O–H groups in total. The molecule has 0 aliphatic carbocycles. The number of hydrogen-bond donors (Lipinski definition) is 2. The van der Waals surface area contributed by atoms with Gasteiger partial charge < -0.3 is 15.3 Å². The highest BCUT2D eigenvalue weighted by Gasteiger charge is 2.16. The Hall–Kier alpha value is -1.14. The van der Waals surface area contributed by atoms with Gasteiger partial charge in [0.1, 0.15) is 5.69 Å². The summed E-state index contributed by atoms with van der Waals surface area (Å²) in [5.41, 5.74) is 0.430. The maximum atomic E-state index is 11.8. The lowest BCUT2D eigenvalue weighted by Crippen LogP contribution is -2.33. The minimum atomic E-state index is -0.135. The zero-order valence-electron chi connectivity index (χ0n) is 8.86. The number of likely N-dealkylation sites (N-methyl/N-ethyl adjacent to an activating group) is 1. The van der Waals surface area contributed by atoms with Gasteiger partial charge in [-0.1, -0.05) is 0 Å². The van der Waals surface area contributed by atoms with E-state index in [2.05, 4.69) is 10.3 Å². The Labute approximate surface area is 92.7 Å². The Morgan fingerprint density at radius 3 is 2.93 bits per heavy atom. The quantitative estimate of drug-likeness (QED) is 0.777. The molecule has 0 bridgehead atoms. The second-order valence-electron chi connectivity index (χ2n) is 2.90. The molecule has 5 nitrogen and oxygen atoms in total. The number of amides is 1. The number of hydrogen-bond acceptors (Lipinski definition) is 5. The van der Waals surface area contributed by atoms with Crippen LogP contribution in [0.5, 0.6) is 0 Å². The van der Waals surface area contributed by atoms with Crippen LogP contribution in [0.1, 0.15) is 17.4 Å². The van der Waals surface area contributed by atoms with Gasteiger partial charge >= 0.3 is 0 Å². The maximum Gasteiger partial charge on any atom is 0.273 e. The van der Waals surface area contributed by atoms with Gasteiger partial charge in [0, 0.05) is 25.5 Å². The first-order chi connectivity index (χ1) is 7.22. The van der Waals surface area contributed by atoms with E-state index in [0.717, 1.165) is 5.13 Å². The minimum Gasteiger partial charge on any atom is -0.395 e. The average molecular weight is 229 g/mol. The van der Waals surface area contributed by atoms with Crippen molar-refractivity contribution < 1.29 is 9.90 Å². The first-order valence-electron chi connectivity index (χ1n) is 4.76. The average Bonchev–Trinajstić information content (AvgIpc) is 2.73. The molecule has 0 saturated heterocycles. The Bertz CT molecular complexity index is 327. The van der Waals surface area contributed by atoms with Crippen molar-refractivity contribution in [1.82, 2.24) is 9.88 Å². The second kappa shape index (κ2) is 5.67. The maximum absolute atomic E-state index is 11.8. The van der Waals surface area contributed by atoms with E-state index in [-0.39, 0.29) is 12.5 Å². The summed E-state index contributed by atoms with van der Waals surface area (Å²) in [4.78, 5) is 17.5. The lowest BCUT2D eigenvalue weighted by molar-refractivity contribution is 0.0727. The van der Waals surface area contributed by atoms with Crippen LogP contribution >= 0.6 is 11.3 Å². The number of anilines is 1. The highest BCUT2D eigenvalue weighted by molar-refractivity contribution is 7.13. The normalized spacial score (nSPS) is 10.1. The van der Waals surface area contributed by atoms with Crippen molar-refractivity contribution in [3.63, 3.8) is 0 Å². The van der Waals surface area contributed by atoms with Gasteiger partial charge in [-0.25, -0.2) is 4.98 Å². The van der Waals surface area contributed by atoms with Crippen LogP contribution in [0, 0.1) is 0 Å². The Morgan fingerprint density at radius 1 is 1.73 bits per heavy atom. The van der Waals surface area contributed by atoms with Crippen molar-refractivity contribution >= 4 is 22.4 Å². The Balaban J connectivity index is 2.73. The van der Waals surface area contributed by atoms with Crippen LogP contribution in [0.3, 0.4) is 0 Å². The van der Waals surface area contributed by atoms with Crippen molar-refractivity contribution in [3.05, 3.63) is 11.1 Å². The summed E-state index contributed by atoms with van der Waals surface area (Å²) in [7, 11) is 1.76. The van der Waals surface area contributed by atoms with E-state index in [0.29, 0.717) is 18.8 Å². The topological polar surface area (TPSA) is 65.5 Å². The summed E-state index contributed by atoms with van der Waals surface area (Å²) < 4.78 is 0. The fourth-order valence-corrected chi connectivity index (χ4v) is 1.82. The number of nitrogens with zero attached hydrogens (tertiary/aromatic N) is 2. The van der Waals surface area contributed by atoms with Crippen LogP contribution < -0.4 is 5.32 Å². The third-order valence-electron chi connectivity index (χ3n) is 1.98. The molecule has 1 heterocycles. The van der Waals surface area contributed by atoms with Gasteiger partial charge in [0.25, 0.3) is 5.91 Å². The number of rotatable bonds is 5. The second-order valence-corrected chi connectivity index (χ2v) is 3.75. The van der Waals surface area contributed by atoms with E-state index in [1.165, 1.54) is 11.3 Å². The summed E-state index contributed by atoms with van der Waals surface area (Å²) in [5, 5.41) is 14.1. The van der Waals surface area contributed by atoms with Crippen molar-refractivity contribution in [2.75, 3.05) is 32.1 Å². The molecule has 84 valence electrons. The molecule has 0 atom stereocenters. The number of thiazole rings is 1. The molecule has 0 fully saturated rings. The van der Waals surface area contributed by atoms with Crippen LogP contribution in [-0.4, -0.2) is 47.6 Å². The van der Waals surface area contributed by atoms with Gasteiger partial charge in [-0.3, -0.25) is 4.79 Å². The van der Waals surface area contributed by atoms with E-state index in [9.17, 15) is 4.79 Å². The van der Waals surface area contributed by atoms with E-state index in [1.807, 2.05) is 6.92 Å². The van der Waals surface area contributed by atoms with Crippen LogP contribution in [0.25, 0.3) is 0 Å². The summed E-state index contributed by atoms with van der Waals surface area (Å²) in [6, 6.07) is 0. The molecule has 0 saturated carbocycles. The standard InChI is InChI=1S/C9H15N3O2S/c1-3-12(4-5-13)8(14)7-6-15-9(10-2)11-7/h6,13H,3-5H2,1-2H3,(H,10,11). The van der Waals surface area contributed by atoms with E-state index < -0.39 is 0 Å². The van der Waals surface area contributed by atoms with Crippen LogP contribution in [0.4, 0.5) is 5.13 Å². The lowest BCUT2D eigenvalue weighted by Gasteiger charge is -2.17. The lowest BCUT2D eigenvalue weighted by atomic mass is 10.4. The summed E-state index contributed by atoms with van der Waals surface area (Å²) in [6.45, 7) is 2.77. The molecule has 0 aliphatic rings. The molecule has 0 aliphatic heterocycles. The summed E-state index contributed by atoms with van der Waals surface area (Å²) in [5.74, 6) is -0.135. The van der Waals surface area contributed by atoms with Gasteiger partial charge in [-0.2, -0.15) is 0 Å². The molecule has 0 spiro atoms. The van der Waals surface area contributed by atoms with Crippen molar-refractivity contribution in [3.8, 4) is 0 Å². The van der Waals surface area contributed by atoms with Crippen molar-refractivity contribution in [2.45, 2.75) is 6.92 Å². The number of carbonyl (C=O) groups is 1. The number of aliphatic hydroxyl groups excluding tert-OH is 1. The van der Waals surface area contributed by atoms with E-state index in [4.69, 9.17) is 5.11 Å². The van der Waals surface area contributed by atoms with E-state index in [1.54, 1.807) is 17.3 Å². The molecule has 1 rings (SSSR count). The largest absolute Gasteiger partial charge is 0.395 e. The van der Waals surface area contributed by atoms with Gasteiger partial charge in [-0.05, 0) is 6.92 Å². The molecule has 1 aromatic rings. The SMILES string of the molecule is CCN(CCO)C(=O)c1csc(NC)n1. The zero-order valence-corrected chi connectivity index (χ0v) is 9.67. The van der Waals surface area contributed by atoms with Gasteiger partial charge in [0.15, 0.2) is 5.13 Å². The fraction of sp³-hybridized carbons (Fsp3) is 0.556. The van der Waals surface area contributed by atoms with Crippen LogP contribution in [0.2, 0.25) is 0 Å². The third-order valence-corrected chi connectivity index (χ3v) is 2.84. The highest BCUT2D eigenvalue weighted by Crippen LogP contribution is 2.15. The highest BCUT2D eigenvalue weighted by atomic mass is 32.1. The number of aliphatic hydroxyl groups is 1.